The first kappa shape index (κ1) is 30.9. The predicted octanol–water partition coefficient (Wildman–Crippen LogP) is 1.20. The number of carbonyl (C=O) groups is 6. The first-order chi connectivity index (χ1) is 19.3. The second-order valence-corrected chi connectivity index (χ2v) is 9.20. The molecular formula is C27H35N3O10. The van der Waals surface area contributed by atoms with Gasteiger partial charge in [-0.2, -0.15) is 0 Å². The highest BCUT2D eigenvalue weighted by molar-refractivity contribution is 6.26. The number of ether oxygens (including phenoxy) is 4. The van der Waals surface area contributed by atoms with E-state index in [1.165, 1.54) is 13.2 Å². The Balaban J connectivity index is 1.30. The number of fused-ring (bicyclic) bond motifs is 1. The molecule has 0 aromatic heterocycles. The van der Waals surface area contributed by atoms with Crippen molar-refractivity contribution < 1.29 is 47.7 Å². The number of rotatable bonds is 17. The van der Waals surface area contributed by atoms with Crippen molar-refractivity contribution in [1.82, 2.24) is 10.2 Å². The summed E-state index contributed by atoms with van der Waals surface area (Å²) in [6.45, 7) is 2.46. The predicted molar refractivity (Wildman–Crippen MR) is 139 cm³/mol. The molecule has 1 unspecified atom stereocenters. The van der Waals surface area contributed by atoms with E-state index in [2.05, 4.69) is 15.4 Å². The number of amides is 5. The van der Waals surface area contributed by atoms with Crippen LogP contribution in [0.25, 0.3) is 0 Å². The Kier molecular flexibility index (Phi) is 12.2. The van der Waals surface area contributed by atoms with Gasteiger partial charge in [0.15, 0.2) is 0 Å². The minimum absolute atomic E-state index is 0.0303. The molecule has 1 fully saturated rings. The largest absolute Gasteiger partial charge is 0.469 e. The van der Waals surface area contributed by atoms with Gasteiger partial charge in [0.25, 0.3) is 11.8 Å². The van der Waals surface area contributed by atoms with E-state index < -0.39 is 29.7 Å². The zero-order valence-corrected chi connectivity index (χ0v) is 22.5. The van der Waals surface area contributed by atoms with E-state index >= 15 is 0 Å². The number of benzene rings is 1. The maximum absolute atomic E-state index is 13.1. The molecule has 218 valence electrons. The van der Waals surface area contributed by atoms with Crippen molar-refractivity contribution in [2.45, 2.75) is 51.0 Å². The fraction of sp³-hybridized carbons (Fsp3) is 0.556. The van der Waals surface area contributed by atoms with E-state index in [0.717, 1.165) is 17.7 Å². The summed E-state index contributed by atoms with van der Waals surface area (Å²) < 4.78 is 20.6. The molecule has 0 spiro atoms. The highest BCUT2D eigenvalue weighted by atomic mass is 16.5. The third-order valence-corrected chi connectivity index (χ3v) is 6.36. The van der Waals surface area contributed by atoms with Crippen LogP contribution in [0.4, 0.5) is 5.69 Å². The van der Waals surface area contributed by atoms with Gasteiger partial charge in [-0.1, -0.05) is 12.5 Å². The molecule has 1 aromatic rings. The summed E-state index contributed by atoms with van der Waals surface area (Å²) in [7, 11) is 1.33. The number of unbranched alkanes of at least 4 members (excludes halogenated alkanes) is 2. The van der Waals surface area contributed by atoms with Crippen molar-refractivity contribution in [1.29, 1.82) is 0 Å². The van der Waals surface area contributed by atoms with Gasteiger partial charge in [0.1, 0.15) is 6.04 Å². The van der Waals surface area contributed by atoms with E-state index in [1.807, 2.05) is 0 Å². The molecule has 2 heterocycles. The smallest absolute Gasteiger partial charge is 0.307 e. The summed E-state index contributed by atoms with van der Waals surface area (Å²) in [5, 5.41) is 4.87. The highest BCUT2D eigenvalue weighted by Gasteiger charge is 2.45. The molecule has 2 aliphatic rings. The average Bonchev–Trinajstić information content (AvgIpc) is 3.19. The van der Waals surface area contributed by atoms with E-state index in [0.29, 0.717) is 46.1 Å². The van der Waals surface area contributed by atoms with Crippen LogP contribution in [-0.2, 0) is 38.1 Å². The summed E-state index contributed by atoms with van der Waals surface area (Å²) in [4.78, 5) is 74.0. The van der Waals surface area contributed by atoms with Crippen molar-refractivity contribution in [3.63, 3.8) is 0 Å². The molecule has 1 saturated heterocycles. The molecule has 40 heavy (non-hydrogen) atoms. The number of nitrogens with one attached hydrogen (secondary N) is 2. The van der Waals surface area contributed by atoms with Gasteiger partial charge in [0.2, 0.25) is 17.7 Å². The molecule has 0 bridgehead atoms. The lowest BCUT2D eigenvalue weighted by Gasteiger charge is -2.27. The Bertz CT molecular complexity index is 1110. The minimum Gasteiger partial charge on any atom is -0.469 e. The highest BCUT2D eigenvalue weighted by Crippen LogP contribution is 2.32. The molecule has 13 nitrogen and oxygen atoms in total. The maximum Gasteiger partial charge on any atom is 0.307 e. The number of nitrogens with zero attached hydrogens (tertiary/aromatic N) is 1. The lowest BCUT2D eigenvalue weighted by Crippen LogP contribution is -2.54. The molecule has 2 N–H and O–H groups in total. The van der Waals surface area contributed by atoms with Gasteiger partial charge < -0.3 is 24.3 Å². The van der Waals surface area contributed by atoms with Crippen LogP contribution in [0.1, 0.15) is 65.7 Å². The van der Waals surface area contributed by atoms with E-state index in [4.69, 9.17) is 14.2 Å². The summed E-state index contributed by atoms with van der Waals surface area (Å²) in [6, 6.07) is 3.51. The number of anilines is 1. The number of methoxy groups -OCH3 is 1. The minimum atomic E-state index is -1.07. The van der Waals surface area contributed by atoms with E-state index in [9.17, 15) is 28.8 Å². The summed E-state index contributed by atoms with van der Waals surface area (Å²) in [6.07, 6.45) is 2.66. The normalized spacial score (nSPS) is 16.6. The third-order valence-electron chi connectivity index (χ3n) is 6.36. The summed E-state index contributed by atoms with van der Waals surface area (Å²) in [5.74, 6) is -3.04. The maximum atomic E-state index is 13.1. The van der Waals surface area contributed by atoms with Gasteiger partial charge in [-0.3, -0.25) is 39.0 Å². The van der Waals surface area contributed by atoms with Crippen molar-refractivity contribution in [3.8, 4) is 0 Å². The Hall–Kier alpha value is -3.68. The summed E-state index contributed by atoms with van der Waals surface area (Å²) >= 11 is 0. The molecule has 0 saturated carbocycles. The van der Waals surface area contributed by atoms with E-state index in [-0.39, 0.29) is 54.4 Å². The molecular weight excluding hydrogens is 526 g/mol. The molecule has 2 aliphatic heterocycles. The average molecular weight is 562 g/mol. The number of esters is 1. The number of hydrogen-bond donors (Lipinski definition) is 2. The second kappa shape index (κ2) is 15.8. The Morgan fingerprint density at radius 1 is 0.900 bits per heavy atom. The van der Waals surface area contributed by atoms with Crippen LogP contribution < -0.4 is 10.6 Å². The number of hydrogen-bond acceptors (Lipinski definition) is 10. The van der Waals surface area contributed by atoms with Gasteiger partial charge in [-0.05, 0) is 31.4 Å². The van der Waals surface area contributed by atoms with Crippen molar-refractivity contribution in [2.24, 2.45) is 0 Å². The van der Waals surface area contributed by atoms with Gasteiger partial charge >= 0.3 is 5.97 Å². The van der Waals surface area contributed by atoms with Gasteiger partial charge in [-0.15, -0.1) is 0 Å². The van der Waals surface area contributed by atoms with Crippen LogP contribution in [0.3, 0.4) is 0 Å². The van der Waals surface area contributed by atoms with Crippen LogP contribution in [0.2, 0.25) is 0 Å². The lowest BCUT2D eigenvalue weighted by atomic mass is 10.0. The third kappa shape index (κ3) is 8.66. The van der Waals surface area contributed by atoms with Crippen LogP contribution in [0, 0.1) is 0 Å². The SMILES string of the molecule is COC(=O)CCOCCOCCOCCCCCC(=O)Nc1cccc2c1C(=O)N(C1CCC(=O)NC1=O)C2=O. The lowest BCUT2D eigenvalue weighted by molar-refractivity contribution is -0.142. The van der Waals surface area contributed by atoms with Crippen LogP contribution in [0.15, 0.2) is 18.2 Å². The van der Waals surface area contributed by atoms with Crippen molar-refractivity contribution in [3.05, 3.63) is 29.3 Å². The van der Waals surface area contributed by atoms with Crippen LogP contribution in [0.5, 0.6) is 0 Å². The fourth-order valence-corrected chi connectivity index (χ4v) is 4.30. The molecule has 1 atom stereocenters. The number of piperidine rings is 1. The zero-order valence-electron chi connectivity index (χ0n) is 22.5. The zero-order chi connectivity index (χ0) is 28.9. The number of imide groups is 2. The Labute approximate surface area is 231 Å². The fourth-order valence-electron chi connectivity index (χ4n) is 4.30. The van der Waals surface area contributed by atoms with Crippen molar-refractivity contribution >= 4 is 41.2 Å². The standard InChI is InChI=1S/C27H35N3O10/c1-37-23(33)11-13-39-15-17-40-16-14-38-12-4-2-3-8-21(31)28-19-7-5-6-18-24(19)27(36)30(26(18)35)20-9-10-22(32)29-25(20)34/h5-7,20H,2-4,8-17H2,1H3,(H,28,31)(H,29,32,34). The molecule has 13 heteroatoms. The monoisotopic (exact) mass is 561 g/mol. The van der Waals surface area contributed by atoms with Crippen LogP contribution >= 0.6 is 0 Å². The topological polar surface area (TPSA) is 167 Å². The molecule has 0 aliphatic carbocycles. The van der Waals surface area contributed by atoms with Crippen molar-refractivity contribution in [2.75, 3.05) is 52.1 Å². The molecule has 1 aromatic carbocycles. The second-order valence-electron chi connectivity index (χ2n) is 9.20. The number of carbonyl (C=O) groups excluding carboxylic acids is 6. The van der Waals surface area contributed by atoms with Gasteiger partial charge in [0, 0.05) is 19.4 Å². The first-order valence-corrected chi connectivity index (χ1v) is 13.3. The Morgan fingerprint density at radius 2 is 1.60 bits per heavy atom. The van der Waals surface area contributed by atoms with E-state index in [1.54, 1.807) is 12.1 Å². The Morgan fingerprint density at radius 3 is 2.30 bits per heavy atom. The molecule has 0 radical (unpaired) electrons. The van der Waals surface area contributed by atoms with Gasteiger partial charge in [-0.25, -0.2) is 0 Å². The molecule has 3 rings (SSSR count). The van der Waals surface area contributed by atoms with Crippen LogP contribution in [-0.4, -0.2) is 93.2 Å². The summed E-state index contributed by atoms with van der Waals surface area (Å²) in [5.41, 5.74) is 0.376. The van der Waals surface area contributed by atoms with Gasteiger partial charge in [0.05, 0.1) is 63.4 Å². The first-order valence-electron chi connectivity index (χ1n) is 13.3. The molecule has 5 amide bonds. The quantitative estimate of drug-likeness (QED) is 0.160.